The molecule has 0 bridgehead atoms. The molecular formula is C23H23ClN2O5S2. The summed E-state index contributed by atoms with van der Waals surface area (Å²) in [6, 6.07) is 17.9. The summed E-state index contributed by atoms with van der Waals surface area (Å²) >= 11 is 7.29. The summed E-state index contributed by atoms with van der Waals surface area (Å²) in [5.74, 6) is 0.636. The van der Waals surface area contributed by atoms with E-state index in [9.17, 15) is 13.2 Å². The highest BCUT2D eigenvalue weighted by molar-refractivity contribution is 8.00. The average Bonchev–Trinajstić information content (AvgIpc) is 2.80. The van der Waals surface area contributed by atoms with Gasteiger partial charge in [-0.05, 0) is 67.6 Å². The first-order chi connectivity index (χ1) is 15.7. The number of anilines is 2. The Hall–Kier alpha value is -2.88. The van der Waals surface area contributed by atoms with E-state index in [2.05, 4.69) is 10.0 Å². The van der Waals surface area contributed by atoms with Crippen molar-refractivity contribution in [3.8, 4) is 11.5 Å². The molecule has 0 radical (unpaired) electrons. The number of hydrogen-bond acceptors (Lipinski definition) is 6. The fourth-order valence-corrected chi connectivity index (χ4v) is 4.88. The number of carbonyl (C=O) groups excluding carboxylic acids is 1. The van der Waals surface area contributed by atoms with Crippen molar-refractivity contribution in [2.24, 2.45) is 0 Å². The van der Waals surface area contributed by atoms with Crippen molar-refractivity contribution in [1.82, 2.24) is 0 Å². The molecule has 0 saturated carbocycles. The van der Waals surface area contributed by atoms with Gasteiger partial charge in [-0.3, -0.25) is 9.52 Å². The summed E-state index contributed by atoms with van der Waals surface area (Å²) in [5.41, 5.74) is 0.740. The molecule has 0 heterocycles. The molecule has 2 N–H and O–H groups in total. The van der Waals surface area contributed by atoms with Crippen molar-refractivity contribution in [3.63, 3.8) is 0 Å². The Kier molecular flexibility index (Phi) is 8.12. The summed E-state index contributed by atoms with van der Waals surface area (Å²) in [6.45, 7) is 1.79. The van der Waals surface area contributed by atoms with Gasteiger partial charge in [-0.1, -0.05) is 11.6 Å². The van der Waals surface area contributed by atoms with E-state index >= 15 is 0 Å². The summed E-state index contributed by atoms with van der Waals surface area (Å²) in [5, 5.41) is 3.06. The maximum Gasteiger partial charge on any atom is 0.262 e. The molecule has 174 valence electrons. The predicted octanol–water partition coefficient (Wildman–Crippen LogP) is 5.28. The Morgan fingerprint density at radius 1 is 0.970 bits per heavy atom. The molecule has 3 rings (SSSR count). The van der Waals surface area contributed by atoms with Crippen molar-refractivity contribution in [3.05, 3.63) is 71.8 Å². The minimum Gasteiger partial charge on any atom is -0.497 e. The lowest BCUT2D eigenvalue weighted by Gasteiger charge is -2.14. The number of benzene rings is 3. The highest BCUT2D eigenvalue weighted by Gasteiger charge is 2.19. The monoisotopic (exact) mass is 506 g/mol. The van der Waals surface area contributed by atoms with Gasteiger partial charge in [0.25, 0.3) is 10.0 Å². The van der Waals surface area contributed by atoms with E-state index in [0.717, 1.165) is 4.90 Å². The molecule has 0 aliphatic heterocycles. The first-order valence-electron chi connectivity index (χ1n) is 9.80. The highest BCUT2D eigenvalue weighted by Crippen LogP contribution is 2.31. The molecule has 0 aliphatic carbocycles. The van der Waals surface area contributed by atoms with Crippen molar-refractivity contribution < 1.29 is 22.7 Å². The van der Waals surface area contributed by atoms with Crippen LogP contribution in [0.1, 0.15) is 6.92 Å². The normalized spacial score (nSPS) is 12.0. The predicted molar refractivity (Wildman–Crippen MR) is 132 cm³/mol. The van der Waals surface area contributed by atoms with E-state index in [0.29, 0.717) is 22.2 Å². The smallest absolute Gasteiger partial charge is 0.262 e. The van der Waals surface area contributed by atoms with Crippen molar-refractivity contribution in [2.75, 3.05) is 24.3 Å². The van der Waals surface area contributed by atoms with Gasteiger partial charge >= 0.3 is 0 Å². The fraction of sp³-hybridized carbons (Fsp3) is 0.174. The van der Waals surface area contributed by atoms with Gasteiger partial charge in [0.2, 0.25) is 5.91 Å². The summed E-state index contributed by atoms with van der Waals surface area (Å²) in [6.07, 6.45) is 0. The van der Waals surface area contributed by atoms with Crippen molar-refractivity contribution in [1.29, 1.82) is 0 Å². The van der Waals surface area contributed by atoms with Crippen LogP contribution >= 0.6 is 23.4 Å². The minimum atomic E-state index is -3.89. The van der Waals surface area contributed by atoms with Crippen LogP contribution in [0.4, 0.5) is 11.4 Å². The molecule has 10 heteroatoms. The molecule has 0 aromatic heterocycles. The lowest BCUT2D eigenvalue weighted by Crippen LogP contribution is -2.22. The molecule has 33 heavy (non-hydrogen) atoms. The quantitative estimate of drug-likeness (QED) is 0.384. The maximum absolute atomic E-state index is 12.8. The van der Waals surface area contributed by atoms with Crippen LogP contribution in [0.25, 0.3) is 0 Å². The second-order valence-corrected chi connectivity index (χ2v) is 10.4. The average molecular weight is 507 g/mol. The second-order valence-electron chi connectivity index (χ2n) is 6.90. The number of ether oxygens (including phenoxy) is 2. The zero-order chi connectivity index (χ0) is 24.0. The summed E-state index contributed by atoms with van der Waals surface area (Å²) < 4.78 is 38.5. The van der Waals surface area contributed by atoms with Gasteiger partial charge in [-0.25, -0.2) is 8.42 Å². The molecule has 1 atom stereocenters. The Labute approximate surface area is 202 Å². The van der Waals surface area contributed by atoms with E-state index < -0.39 is 10.0 Å². The minimum absolute atomic E-state index is 0.0361. The number of amides is 1. The molecular weight excluding hydrogens is 484 g/mol. The summed E-state index contributed by atoms with van der Waals surface area (Å²) in [7, 11) is -0.954. The van der Waals surface area contributed by atoms with E-state index in [1.807, 2.05) is 12.1 Å². The van der Waals surface area contributed by atoms with Crippen molar-refractivity contribution in [2.45, 2.75) is 22.0 Å². The molecule has 1 amide bonds. The van der Waals surface area contributed by atoms with Crippen LogP contribution in [0.15, 0.2) is 76.5 Å². The standard InChI is InChI=1S/C23H23ClN2O5S2/c1-15(32-19-9-4-16(24)5-10-19)23(27)25-17-6-11-20(12-7-17)33(28,29)26-21-14-18(30-2)8-13-22(21)31-3/h4-15,26H,1-3H3,(H,25,27)/t15-/m1/s1. The van der Waals surface area contributed by atoms with Crippen LogP contribution in [0.5, 0.6) is 11.5 Å². The molecule has 3 aromatic rings. The summed E-state index contributed by atoms with van der Waals surface area (Å²) in [4.78, 5) is 13.5. The van der Waals surface area contributed by atoms with Crippen LogP contribution < -0.4 is 19.5 Å². The number of sulfonamides is 1. The maximum atomic E-state index is 12.8. The number of carbonyl (C=O) groups is 1. The lowest BCUT2D eigenvalue weighted by molar-refractivity contribution is -0.115. The third kappa shape index (κ3) is 6.56. The van der Waals surface area contributed by atoms with Crippen LogP contribution in [0.2, 0.25) is 5.02 Å². The molecule has 0 spiro atoms. The van der Waals surface area contributed by atoms with Gasteiger partial charge in [-0.15, -0.1) is 11.8 Å². The first-order valence-corrected chi connectivity index (χ1v) is 12.5. The van der Waals surface area contributed by atoms with Gasteiger partial charge in [0.15, 0.2) is 0 Å². The third-order valence-corrected chi connectivity index (χ3v) is 7.32. The second kappa shape index (κ2) is 10.8. The molecule has 0 unspecified atom stereocenters. The van der Waals surface area contributed by atoms with Gasteiger partial charge < -0.3 is 14.8 Å². The molecule has 0 fully saturated rings. The lowest BCUT2D eigenvalue weighted by atomic mass is 10.3. The van der Waals surface area contributed by atoms with Gasteiger partial charge in [0, 0.05) is 21.7 Å². The Morgan fingerprint density at radius 3 is 2.24 bits per heavy atom. The number of rotatable bonds is 9. The van der Waals surface area contributed by atoms with Gasteiger partial charge in [0.1, 0.15) is 11.5 Å². The highest BCUT2D eigenvalue weighted by atomic mass is 35.5. The van der Waals surface area contributed by atoms with E-state index in [-0.39, 0.29) is 21.7 Å². The van der Waals surface area contributed by atoms with Gasteiger partial charge in [0.05, 0.1) is 30.1 Å². The van der Waals surface area contributed by atoms with Crippen LogP contribution in [-0.4, -0.2) is 33.8 Å². The Morgan fingerprint density at radius 2 is 1.64 bits per heavy atom. The zero-order valence-corrected chi connectivity index (χ0v) is 20.6. The van der Waals surface area contributed by atoms with Crippen LogP contribution in [-0.2, 0) is 14.8 Å². The fourth-order valence-electron chi connectivity index (χ4n) is 2.83. The Balaban J connectivity index is 1.67. The van der Waals surface area contributed by atoms with E-state index in [4.69, 9.17) is 21.1 Å². The number of halogens is 1. The zero-order valence-electron chi connectivity index (χ0n) is 18.2. The third-order valence-electron chi connectivity index (χ3n) is 4.58. The molecule has 3 aromatic carbocycles. The SMILES string of the molecule is COc1ccc(OC)c(NS(=O)(=O)c2ccc(NC(=O)[C@@H](C)Sc3ccc(Cl)cc3)cc2)c1. The van der Waals surface area contributed by atoms with E-state index in [1.54, 1.807) is 31.2 Å². The topological polar surface area (TPSA) is 93.7 Å². The van der Waals surface area contributed by atoms with Crippen molar-refractivity contribution >= 4 is 50.7 Å². The Bertz CT molecular complexity index is 1220. The number of nitrogens with one attached hydrogen (secondary N) is 2. The molecule has 0 saturated heterocycles. The largest absolute Gasteiger partial charge is 0.497 e. The van der Waals surface area contributed by atoms with Crippen LogP contribution in [0, 0.1) is 0 Å². The number of thioether (sulfide) groups is 1. The van der Waals surface area contributed by atoms with Gasteiger partial charge in [-0.2, -0.15) is 0 Å². The number of methoxy groups -OCH3 is 2. The van der Waals surface area contributed by atoms with E-state index in [1.165, 1.54) is 56.3 Å². The van der Waals surface area contributed by atoms with Crippen LogP contribution in [0.3, 0.4) is 0 Å². The molecule has 7 nitrogen and oxygen atoms in total. The molecule has 0 aliphatic rings. The number of hydrogen-bond donors (Lipinski definition) is 2. The first kappa shape index (κ1) is 24.8.